The molecule has 0 aliphatic heterocycles. The molecule has 3 nitrogen and oxygen atoms in total. The van der Waals surface area contributed by atoms with Gasteiger partial charge >= 0.3 is 0 Å². The van der Waals surface area contributed by atoms with Gasteiger partial charge in [0, 0.05) is 26.1 Å². The first-order chi connectivity index (χ1) is 7.75. The Morgan fingerprint density at radius 1 is 1.19 bits per heavy atom. The summed E-state index contributed by atoms with van der Waals surface area (Å²) >= 11 is 0. The van der Waals surface area contributed by atoms with E-state index < -0.39 is 0 Å². The summed E-state index contributed by atoms with van der Waals surface area (Å²) < 4.78 is 0. The zero-order valence-corrected chi connectivity index (χ0v) is 10.8. The minimum Gasteiger partial charge on any atom is -0.343 e. The van der Waals surface area contributed by atoms with Crippen LogP contribution in [0.3, 0.4) is 0 Å². The van der Waals surface area contributed by atoms with Gasteiger partial charge in [0.05, 0.1) is 0 Å². The number of hydrogen-bond acceptors (Lipinski definition) is 2. The molecule has 0 radical (unpaired) electrons. The van der Waals surface area contributed by atoms with Crippen molar-refractivity contribution in [1.82, 2.24) is 10.2 Å². The lowest BCUT2D eigenvalue weighted by Crippen LogP contribution is -2.38. The summed E-state index contributed by atoms with van der Waals surface area (Å²) in [5.41, 5.74) is 0. The van der Waals surface area contributed by atoms with Crippen molar-refractivity contribution in [2.24, 2.45) is 0 Å². The van der Waals surface area contributed by atoms with Gasteiger partial charge in [-0.15, -0.1) is 0 Å². The smallest absolute Gasteiger partial charge is 0.223 e. The van der Waals surface area contributed by atoms with Crippen LogP contribution < -0.4 is 5.32 Å². The van der Waals surface area contributed by atoms with Gasteiger partial charge in [0.15, 0.2) is 0 Å². The van der Waals surface area contributed by atoms with Crippen LogP contribution in [-0.4, -0.2) is 37.5 Å². The lowest BCUT2D eigenvalue weighted by molar-refractivity contribution is -0.132. The van der Waals surface area contributed by atoms with Gasteiger partial charge in [-0.3, -0.25) is 4.79 Å². The second-order valence-corrected chi connectivity index (χ2v) is 4.86. The van der Waals surface area contributed by atoms with E-state index in [2.05, 4.69) is 5.32 Å². The minimum atomic E-state index is 0.292. The van der Waals surface area contributed by atoms with Gasteiger partial charge in [-0.2, -0.15) is 0 Å². The molecule has 1 N–H and O–H groups in total. The first-order valence-corrected chi connectivity index (χ1v) is 6.66. The maximum Gasteiger partial charge on any atom is 0.223 e. The number of amides is 1. The summed E-state index contributed by atoms with van der Waals surface area (Å²) in [6, 6.07) is 0.490. The fourth-order valence-electron chi connectivity index (χ4n) is 2.43. The fraction of sp³-hybridized carbons (Fsp3) is 0.923. The van der Waals surface area contributed by atoms with Crippen molar-refractivity contribution >= 4 is 5.91 Å². The van der Waals surface area contributed by atoms with Crippen molar-refractivity contribution in [2.75, 3.05) is 20.6 Å². The summed E-state index contributed by atoms with van der Waals surface area (Å²) in [5, 5.41) is 3.03. The Labute approximate surface area is 99.6 Å². The zero-order chi connectivity index (χ0) is 11.8. The highest BCUT2D eigenvalue weighted by Crippen LogP contribution is 2.20. The lowest BCUT2D eigenvalue weighted by Gasteiger charge is -2.29. The molecule has 0 aromatic heterocycles. The minimum absolute atomic E-state index is 0.292. The maximum atomic E-state index is 11.9. The van der Waals surface area contributed by atoms with Crippen LogP contribution in [0.1, 0.15) is 51.4 Å². The van der Waals surface area contributed by atoms with E-state index in [9.17, 15) is 4.79 Å². The molecule has 1 aliphatic carbocycles. The quantitative estimate of drug-likeness (QED) is 0.797. The maximum absolute atomic E-state index is 11.9. The topological polar surface area (TPSA) is 32.3 Å². The summed E-state index contributed by atoms with van der Waals surface area (Å²) in [6.45, 7) is 0.788. The monoisotopic (exact) mass is 226 g/mol. The molecule has 0 saturated heterocycles. The zero-order valence-electron chi connectivity index (χ0n) is 10.8. The lowest BCUT2D eigenvalue weighted by atomic mass is 9.95. The van der Waals surface area contributed by atoms with E-state index in [0.717, 1.165) is 6.54 Å². The Hall–Kier alpha value is -0.570. The molecule has 0 spiro atoms. The molecular weight excluding hydrogens is 200 g/mol. The van der Waals surface area contributed by atoms with Crippen molar-refractivity contribution in [2.45, 2.75) is 57.4 Å². The summed E-state index contributed by atoms with van der Waals surface area (Å²) in [4.78, 5) is 13.9. The third kappa shape index (κ3) is 4.52. The van der Waals surface area contributed by atoms with Crippen LogP contribution >= 0.6 is 0 Å². The van der Waals surface area contributed by atoms with Gasteiger partial charge in [-0.1, -0.05) is 32.1 Å². The summed E-state index contributed by atoms with van der Waals surface area (Å²) in [7, 11) is 3.87. The fourth-order valence-corrected chi connectivity index (χ4v) is 2.43. The van der Waals surface area contributed by atoms with E-state index in [1.807, 2.05) is 19.0 Å². The summed E-state index contributed by atoms with van der Waals surface area (Å²) in [6.07, 6.45) is 9.66. The highest BCUT2D eigenvalue weighted by atomic mass is 16.2. The van der Waals surface area contributed by atoms with E-state index in [0.29, 0.717) is 18.4 Å². The first kappa shape index (κ1) is 13.5. The van der Waals surface area contributed by atoms with Crippen LogP contribution in [0.5, 0.6) is 0 Å². The molecule has 0 aromatic rings. The average molecular weight is 226 g/mol. The van der Waals surface area contributed by atoms with Crippen LogP contribution in [0.4, 0.5) is 0 Å². The number of rotatable bonds is 4. The second-order valence-electron chi connectivity index (χ2n) is 4.86. The normalized spacial score (nSPS) is 18.9. The van der Waals surface area contributed by atoms with Crippen molar-refractivity contribution in [1.29, 1.82) is 0 Å². The molecule has 1 rings (SSSR count). The molecule has 0 bridgehead atoms. The second kappa shape index (κ2) is 7.66. The van der Waals surface area contributed by atoms with Crippen molar-refractivity contribution in [3.8, 4) is 0 Å². The predicted molar refractivity (Wildman–Crippen MR) is 67.4 cm³/mol. The summed E-state index contributed by atoms with van der Waals surface area (Å²) in [5.74, 6) is 0.292. The van der Waals surface area contributed by atoms with Crippen LogP contribution in [0.2, 0.25) is 0 Å². The SMILES string of the molecule is CNCCC(=O)N(C)C1CCCCCCC1. The molecule has 3 heteroatoms. The molecule has 1 fully saturated rings. The number of carbonyl (C=O) groups is 1. The van der Waals surface area contributed by atoms with Gasteiger partial charge in [-0.25, -0.2) is 0 Å². The van der Waals surface area contributed by atoms with Crippen LogP contribution in [0.15, 0.2) is 0 Å². The van der Waals surface area contributed by atoms with E-state index in [4.69, 9.17) is 0 Å². The molecular formula is C13H26N2O. The van der Waals surface area contributed by atoms with Gasteiger partial charge in [0.1, 0.15) is 0 Å². The molecule has 0 heterocycles. The number of nitrogens with zero attached hydrogens (tertiary/aromatic N) is 1. The molecule has 1 aliphatic rings. The highest BCUT2D eigenvalue weighted by Gasteiger charge is 2.19. The molecule has 1 saturated carbocycles. The number of carbonyl (C=O) groups excluding carboxylic acids is 1. The van der Waals surface area contributed by atoms with E-state index >= 15 is 0 Å². The van der Waals surface area contributed by atoms with E-state index in [1.54, 1.807) is 0 Å². The Morgan fingerprint density at radius 2 is 1.75 bits per heavy atom. The third-order valence-corrected chi connectivity index (χ3v) is 3.60. The molecule has 1 amide bonds. The Kier molecular flexibility index (Phi) is 6.46. The van der Waals surface area contributed by atoms with E-state index in [1.165, 1.54) is 44.9 Å². The Bertz CT molecular complexity index is 198. The van der Waals surface area contributed by atoms with Gasteiger partial charge < -0.3 is 10.2 Å². The average Bonchev–Trinajstić information content (AvgIpc) is 2.24. The van der Waals surface area contributed by atoms with Crippen molar-refractivity contribution in [3.63, 3.8) is 0 Å². The number of nitrogens with one attached hydrogen (secondary N) is 1. The van der Waals surface area contributed by atoms with Gasteiger partial charge in [0.25, 0.3) is 0 Å². The number of hydrogen-bond donors (Lipinski definition) is 1. The van der Waals surface area contributed by atoms with Crippen LogP contribution in [-0.2, 0) is 4.79 Å². The molecule has 0 unspecified atom stereocenters. The highest BCUT2D eigenvalue weighted by molar-refractivity contribution is 5.76. The van der Waals surface area contributed by atoms with Crippen molar-refractivity contribution < 1.29 is 4.79 Å². The van der Waals surface area contributed by atoms with E-state index in [-0.39, 0.29) is 0 Å². The van der Waals surface area contributed by atoms with Crippen LogP contribution in [0, 0.1) is 0 Å². The largest absolute Gasteiger partial charge is 0.343 e. The van der Waals surface area contributed by atoms with Gasteiger partial charge in [-0.05, 0) is 19.9 Å². The predicted octanol–water partition coefficient (Wildman–Crippen LogP) is 2.17. The Morgan fingerprint density at radius 3 is 2.31 bits per heavy atom. The third-order valence-electron chi connectivity index (χ3n) is 3.60. The molecule has 0 aromatic carbocycles. The molecule has 0 atom stereocenters. The molecule has 16 heavy (non-hydrogen) atoms. The standard InChI is InChI=1S/C13H26N2O/c1-14-11-10-13(16)15(2)12-8-6-4-3-5-7-9-12/h12,14H,3-11H2,1-2H3. The van der Waals surface area contributed by atoms with Crippen molar-refractivity contribution in [3.05, 3.63) is 0 Å². The first-order valence-electron chi connectivity index (χ1n) is 6.66. The Balaban J connectivity index is 2.36. The van der Waals surface area contributed by atoms with Crippen LogP contribution in [0.25, 0.3) is 0 Å². The molecule has 94 valence electrons. The van der Waals surface area contributed by atoms with Gasteiger partial charge in [0.2, 0.25) is 5.91 Å².